The summed E-state index contributed by atoms with van der Waals surface area (Å²) < 4.78 is 20.6. The van der Waals surface area contributed by atoms with Gasteiger partial charge in [0.2, 0.25) is 5.91 Å². The van der Waals surface area contributed by atoms with E-state index < -0.39 is 29.6 Å². The van der Waals surface area contributed by atoms with Gasteiger partial charge in [0, 0.05) is 5.92 Å². The van der Waals surface area contributed by atoms with Crippen LogP contribution in [0.2, 0.25) is 0 Å². The van der Waals surface area contributed by atoms with Crippen LogP contribution in [0.25, 0.3) is 0 Å². The Balaban J connectivity index is 1.73. The second-order valence-corrected chi connectivity index (χ2v) is 7.82. The van der Waals surface area contributed by atoms with E-state index >= 15 is 0 Å². The highest BCUT2D eigenvalue weighted by atomic mass is 16.5. The minimum atomic E-state index is -1.49. The molecule has 2 aromatic rings. The Morgan fingerprint density at radius 3 is 2.27 bits per heavy atom. The summed E-state index contributed by atoms with van der Waals surface area (Å²) >= 11 is 0. The molecule has 1 aliphatic rings. The van der Waals surface area contributed by atoms with Crippen molar-refractivity contribution < 1.29 is 33.3 Å². The number of ether oxygens (including phenoxy) is 4. The molecule has 0 aliphatic carbocycles. The summed E-state index contributed by atoms with van der Waals surface area (Å²) in [7, 11) is 2.77. The van der Waals surface area contributed by atoms with Gasteiger partial charge in [-0.1, -0.05) is 42.5 Å². The highest BCUT2D eigenvalue weighted by Gasteiger charge is 2.43. The lowest BCUT2D eigenvalue weighted by Gasteiger charge is -2.36. The van der Waals surface area contributed by atoms with Crippen LogP contribution in [0.3, 0.4) is 0 Å². The fourth-order valence-electron chi connectivity index (χ4n) is 3.43. The first-order valence-electron chi connectivity index (χ1n) is 10.5. The standard InChI is InChI=1S/C24H28N2O7/c1-24(22(28)31-3,18-9-11-19(30-2)12-10-18)26-21(27)20(17-14-32-15-17)25-23(29)33-13-16-7-5-4-6-8-16/h4-12,17,20H,13-15H2,1-3H3,(H,25,29)(H,26,27)/t20-,24-/m0/s1. The van der Waals surface area contributed by atoms with Gasteiger partial charge in [-0.15, -0.1) is 0 Å². The molecule has 2 aromatic carbocycles. The molecule has 2 atom stereocenters. The minimum Gasteiger partial charge on any atom is -0.497 e. The summed E-state index contributed by atoms with van der Waals surface area (Å²) in [5.74, 6) is -0.864. The average Bonchev–Trinajstić information content (AvgIpc) is 2.81. The molecule has 9 nitrogen and oxygen atoms in total. The van der Waals surface area contributed by atoms with Gasteiger partial charge in [0.05, 0.1) is 27.4 Å². The van der Waals surface area contributed by atoms with E-state index in [9.17, 15) is 14.4 Å². The average molecular weight is 456 g/mol. The maximum Gasteiger partial charge on any atom is 0.408 e. The van der Waals surface area contributed by atoms with Crippen molar-refractivity contribution in [3.63, 3.8) is 0 Å². The number of rotatable bonds is 9. The van der Waals surface area contributed by atoms with Crippen LogP contribution in [-0.2, 0) is 35.9 Å². The van der Waals surface area contributed by atoms with Gasteiger partial charge in [0.15, 0.2) is 5.54 Å². The Labute approximate surface area is 192 Å². The molecule has 1 saturated heterocycles. The van der Waals surface area contributed by atoms with E-state index in [0.717, 1.165) is 5.56 Å². The van der Waals surface area contributed by atoms with E-state index in [0.29, 0.717) is 24.5 Å². The van der Waals surface area contributed by atoms with Crippen LogP contribution in [0.4, 0.5) is 4.79 Å². The molecule has 0 spiro atoms. The van der Waals surface area contributed by atoms with Gasteiger partial charge in [0.25, 0.3) is 0 Å². The SMILES string of the molecule is COC(=O)[C@@](C)(NC(=O)[C@@H](NC(=O)OCc1ccccc1)C1COC1)c1ccc(OC)cc1. The molecule has 0 bridgehead atoms. The highest BCUT2D eigenvalue weighted by molar-refractivity contribution is 5.92. The van der Waals surface area contributed by atoms with Crippen LogP contribution in [-0.4, -0.2) is 51.4 Å². The van der Waals surface area contributed by atoms with Crippen LogP contribution in [0, 0.1) is 5.92 Å². The van der Waals surface area contributed by atoms with Gasteiger partial charge in [0.1, 0.15) is 18.4 Å². The fraction of sp³-hybridized carbons (Fsp3) is 0.375. The number of hydrogen-bond donors (Lipinski definition) is 2. The topological polar surface area (TPSA) is 112 Å². The maximum atomic E-state index is 13.3. The Hall–Kier alpha value is -3.59. The second kappa shape index (κ2) is 10.8. The van der Waals surface area contributed by atoms with Crippen molar-refractivity contribution in [3.05, 3.63) is 65.7 Å². The van der Waals surface area contributed by atoms with Crippen molar-refractivity contribution in [2.75, 3.05) is 27.4 Å². The van der Waals surface area contributed by atoms with Crippen LogP contribution >= 0.6 is 0 Å². The van der Waals surface area contributed by atoms with Crippen molar-refractivity contribution in [1.29, 1.82) is 0 Å². The summed E-state index contributed by atoms with van der Waals surface area (Å²) in [6.07, 6.45) is -0.741. The summed E-state index contributed by atoms with van der Waals surface area (Å²) in [5.41, 5.74) is -0.173. The molecule has 33 heavy (non-hydrogen) atoms. The molecular formula is C24H28N2O7. The summed E-state index contributed by atoms with van der Waals surface area (Å²) in [5, 5.41) is 5.36. The predicted molar refractivity (Wildman–Crippen MR) is 118 cm³/mol. The first kappa shape index (κ1) is 24.1. The maximum absolute atomic E-state index is 13.3. The quantitative estimate of drug-likeness (QED) is 0.556. The zero-order chi connectivity index (χ0) is 23.8. The number of hydrogen-bond acceptors (Lipinski definition) is 7. The highest BCUT2D eigenvalue weighted by Crippen LogP contribution is 2.26. The van der Waals surface area contributed by atoms with Gasteiger partial charge in [-0.05, 0) is 30.2 Å². The van der Waals surface area contributed by atoms with Crippen molar-refractivity contribution in [3.8, 4) is 5.75 Å². The third kappa shape index (κ3) is 5.81. The largest absolute Gasteiger partial charge is 0.497 e. The molecule has 9 heteroatoms. The van der Waals surface area contributed by atoms with Crippen LogP contribution in [0.5, 0.6) is 5.75 Å². The zero-order valence-corrected chi connectivity index (χ0v) is 18.8. The molecule has 1 fully saturated rings. The number of carbonyl (C=O) groups is 3. The van der Waals surface area contributed by atoms with E-state index in [1.165, 1.54) is 14.2 Å². The van der Waals surface area contributed by atoms with Gasteiger partial charge < -0.3 is 29.6 Å². The minimum absolute atomic E-state index is 0.0634. The van der Waals surface area contributed by atoms with Gasteiger partial charge in [-0.25, -0.2) is 9.59 Å². The Bertz CT molecular complexity index is 961. The Morgan fingerprint density at radius 1 is 1.06 bits per heavy atom. The number of methoxy groups -OCH3 is 2. The van der Waals surface area contributed by atoms with E-state index in [1.807, 2.05) is 30.3 Å². The van der Waals surface area contributed by atoms with Gasteiger partial charge in [-0.2, -0.15) is 0 Å². The summed E-state index contributed by atoms with van der Waals surface area (Å²) in [6.45, 7) is 2.21. The van der Waals surface area contributed by atoms with E-state index in [2.05, 4.69) is 10.6 Å². The zero-order valence-electron chi connectivity index (χ0n) is 18.8. The number of alkyl carbamates (subject to hydrolysis) is 1. The number of amides is 2. The molecule has 1 heterocycles. The third-order valence-electron chi connectivity index (χ3n) is 5.54. The summed E-state index contributed by atoms with van der Waals surface area (Å²) in [6, 6.07) is 14.9. The molecule has 2 N–H and O–H groups in total. The Kier molecular flexibility index (Phi) is 7.89. The van der Waals surface area contributed by atoms with E-state index in [1.54, 1.807) is 31.2 Å². The second-order valence-electron chi connectivity index (χ2n) is 7.82. The van der Waals surface area contributed by atoms with Crippen LogP contribution < -0.4 is 15.4 Å². The number of benzene rings is 2. The summed E-state index contributed by atoms with van der Waals surface area (Å²) in [4.78, 5) is 38.3. The lowest BCUT2D eigenvalue weighted by Crippen LogP contribution is -2.61. The normalized spacial score (nSPS) is 15.8. The number of nitrogens with one attached hydrogen (secondary N) is 2. The monoisotopic (exact) mass is 456 g/mol. The third-order valence-corrected chi connectivity index (χ3v) is 5.54. The van der Waals surface area contributed by atoms with Crippen molar-refractivity contribution in [2.45, 2.75) is 25.1 Å². The molecule has 176 valence electrons. The van der Waals surface area contributed by atoms with Crippen LogP contribution in [0.15, 0.2) is 54.6 Å². The van der Waals surface area contributed by atoms with Crippen LogP contribution in [0.1, 0.15) is 18.1 Å². The first-order chi connectivity index (χ1) is 15.9. The lowest BCUT2D eigenvalue weighted by molar-refractivity contribution is -0.152. The smallest absolute Gasteiger partial charge is 0.408 e. The van der Waals surface area contributed by atoms with E-state index in [4.69, 9.17) is 18.9 Å². The molecule has 2 amide bonds. The van der Waals surface area contributed by atoms with Gasteiger partial charge in [-0.3, -0.25) is 4.79 Å². The molecule has 0 radical (unpaired) electrons. The Morgan fingerprint density at radius 2 is 1.73 bits per heavy atom. The van der Waals surface area contributed by atoms with Crippen molar-refractivity contribution >= 4 is 18.0 Å². The molecule has 0 saturated carbocycles. The molecule has 1 aliphatic heterocycles. The van der Waals surface area contributed by atoms with Gasteiger partial charge >= 0.3 is 12.1 Å². The predicted octanol–water partition coefficient (Wildman–Crippen LogP) is 2.14. The number of carbonyl (C=O) groups excluding carboxylic acids is 3. The molecular weight excluding hydrogens is 428 g/mol. The molecule has 0 unspecified atom stereocenters. The lowest BCUT2D eigenvalue weighted by atomic mass is 9.90. The number of esters is 1. The van der Waals surface area contributed by atoms with E-state index in [-0.39, 0.29) is 12.5 Å². The fourth-order valence-corrected chi connectivity index (χ4v) is 3.43. The molecule has 3 rings (SSSR count). The van der Waals surface area contributed by atoms with Crippen molar-refractivity contribution in [1.82, 2.24) is 10.6 Å². The van der Waals surface area contributed by atoms with Crippen molar-refractivity contribution in [2.24, 2.45) is 5.92 Å². The molecule has 0 aromatic heterocycles. The first-order valence-corrected chi connectivity index (χ1v) is 10.5.